The molecule has 0 unspecified atom stereocenters. The lowest BCUT2D eigenvalue weighted by atomic mass is 10.1. The van der Waals surface area contributed by atoms with Gasteiger partial charge in [0.2, 0.25) is 5.95 Å². The highest BCUT2D eigenvalue weighted by atomic mass is 16.2. The predicted octanol–water partition coefficient (Wildman–Crippen LogP) is 5.16. The Balaban J connectivity index is 1.26. The van der Waals surface area contributed by atoms with E-state index in [1.165, 1.54) is 0 Å². The molecule has 0 bridgehead atoms. The Hall–Kier alpha value is -5.11. The number of imidazole rings is 1. The van der Waals surface area contributed by atoms with Crippen molar-refractivity contribution in [3.8, 4) is 0 Å². The summed E-state index contributed by atoms with van der Waals surface area (Å²) in [6.07, 6.45) is 5.14. The number of carbonyl (C=O) groups is 2. The van der Waals surface area contributed by atoms with Gasteiger partial charge in [0, 0.05) is 35.1 Å². The van der Waals surface area contributed by atoms with Gasteiger partial charge in [0.05, 0.1) is 11.1 Å². The first-order valence-corrected chi connectivity index (χ1v) is 10.9. The van der Waals surface area contributed by atoms with Gasteiger partial charge < -0.3 is 10.3 Å². The van der Waals surface area contributed by atoms with Crippen molar-refractivity contribution in [1.29, 1.82) is 0 Å². The molecule has 8 nitrogen and oxygen atoms in total. The topological polar surface area (TPSA) is 113 Å². The number of para-hydroxylation sites is 1. The average Bonchev–Trinajstić information content (AvgIpc) is 3.30. The number of pyridine rings is 2. The smallest absolute Gasteiger partial charge is 0.276 e. The van der Waals surface area contributed by atoms with Crippen LogP contribution in [0.5, 0.6) is 0 Å². The molecule has 8 heteroatoms. The number of carbonyl (C=O) groups excluding carboxylic acids is 2. The minimum Gasteiger partial charge on any atom is -0.324 e. The van der Waals surface area contributed by atoms with Crippen molar-refractivity contribution in [2.45, 2.75) is 0 Å². The van der Waals surface area contributed by atoms with Gasteiger partial charge in [0.15, 0.2) is 0 Å². The van der Waals surface area contributed by atoms with Crippen LogP contribution in [-0.2, 0) is 0 Å². The lowest BCUT2D eigenvalue weighted by molar-refractivity contribution is 0.101. The maximum Gasteiger partial charge on any atom is 0.276 e. The molecule has 0 aliphatic heterocycles. The Bertz CT molecular complexity index is 1760. The van der Waals surface area contributed by atoms with Crippen molar-refractivity contribution >= 4 is 56.0 Å². The minimum absolute atomic E-state index is 0.235. The molecule has 0 aliphatic rings. The van der Waals surface area contributed by atoms with E-state index in [9.17, 15) is 9.59 Å². The standard InChI is InChI=1S/C27H18N6O2/c34-25(30-20-9-8-19-14-28-11-10-17(19)12-20)21-6-3-7-22-24(21)32-27(31-22)33-26(35)23-13-16-4-1-2-5-18(16)15-29-23/h1-15H,(H,30,34)(H2,31,32,33,35). The van der Waals surface area contributed by atoms with Crippen LogP contribution in [0.1, 0.15) is 20.8 Å². The second kappa shape index (κ2) is 8.35. The van der Waals surface area contributed by atoms with Crippen LogP contribution in [0, 0.1) is 0 Å². The Morgan fingerprint density at radius 1 is 0.743 bits per heavy atom. The number of aromatic nitrogens is 4. The van der Waals surface area contributed by atoms with Crippen molar-refractivity contribution in [2.75, 3.05) is 10.6 Å². The van der Waals surface area contributed by atoms with Crippen LogP contribution in [-0.4, -0.2) is 31.8 Å². The second-order valence-corrected chi connectivity index (χ2v) is 8.05. The summed E-state index contributed by atoms with van der Waals surface area (Å²) in [5, 5.41) is 9.50. The molecule has 0 radical (unpaired) electrons. The second-order valence-electron chi connectivity index (χ2n) is 8.05. The van der Waals surface area contributed by atoms with Crippen LogP contribution < -0.4 is 10.6 Å². The molecule has 168 valence electrons. The van der Waals surface area contributed by atoms with Crippen LogP contribution in [0.3, 0.4) is 0 Å². The number of fused-ring (bicyclic) bond motifs is 3. The third-order valence-electron chi connectivity index (χ3n) is 5.75. The molecule has 0 atom stereocenters. The predicted molar refractivity (Wildman–Crippen MR) is 135 cm³/mol. The molecule has 6 rings (SSSR count). The zero-order valence-electron chi connectivity index (χ0n) is 18.3. The lowest BCUT2D eigenvalue weighted by Crippen LogP contribution is -2.14. The summed E-state index contributed by atoms with van der Waals surface area (Å²) in [6, 6.07) is 22.2. The van der Waals surface area contributed by atoms with Gasteiger partial charge in [-0.1, -0.05) is 36.4 Å². The number of hydrogen-bond donors (Lipinski definition) is 3. The minimum atomic E-state index is -0.397. The quantitative estimate of drug-likeness (QED) is 0.338. The molecule has 35 heavy (non-hydrogen) atoms. The van der Waals surface area contributed by atoms with Crippen molar-refractivity contribution in [1.82, 2.24) is 19.9 Å². The van der Waals surface area contributed by atoms with Crippen LogP contribution in [0.4, 0.5) is 11.6 Å². The van der Waals surface area contributed by atoms with E-state index in [0.29, 0.717) is 22.3 Å². The molecular formula is C27H18N6O2. The van der Waals surface area contributed by atoms with Crippen molar-refractivity contribution < 1.29 is 9.59 Å². The van der Waals surface area contributed by atoms with Gasteiger partial charge in [-0.3, -0.25) is 24.9 Å². The zero-order chi connectivity index (χ0) is 23.8. The van der Waals surface area contributed by atoms with Gasteiger partial charge in [0.1, 0.15) is 11.2 Å². The Morgan fingerprint density at radius 3 is 2.49 bits per heavy atom. The monoisotopic (exact) mass is 458 g/mol. The van der Waals surface area contributed by atoms with E-state index in [2.05, 4.69) is 30.6 Å². The number of hydrogen-bond acceptors (Lipinski definition) is 5. The molecule has 3 heterocycles. The van der Waals surface area contributed by atoms with E-state index in [0.717, 1.165) is 21.5 Å². The molecule has 2 amide bonds. The summed E-state index contributed by atoms with van der Waals surface area (Å²) in [5.41, 5.74) is 2.41. The van der Waals surface area contributed by atoms with Crippen LogP contribution in [0.2, 0.25) is 0 Å². The van der Waals surface area contributed by atoms with E-state index in [1.807, 2.05) is 48.5 Å². The largest absolute Gasteiger partial charge is 0.324 e. The lowest BCUT2D eigenvalue weighted by Gasteiger charge is -2.07. The first-order valence-electron chi connectivity index (χ1n) is 10.9. The van der Waals surface area contributed by atoms with Crippen molar-refractivity contribution in [3.63, 3.8) is 0 Å². The summed E-state index contributed by atoms with van der Waals surface area (Å²) >= 11 is 0. The first-order chi connectivity index (χ1) is 17.1. The van der Waals surface area contributed by atoms with Crippen molar-refractivity contribution in [2.24, 2.45) is 0 Å². The Labute approximate surface area is 199 Å². The highest BCUT2D eigenvalue weighted by Gasteiger charge is 2.16. The zero-order valence-corrected chi connectivity index (χ0v) is 18.3. The molecule has 0 spiro atoms. The van der Waals surface area contributed by atoms with Gasteiger partial charge in [-0.05, 0) is 47.2 Å². The number of anilines is 2. The van der Waals surface area contributed by atoms with Gasteiger partial charge >= 0.3 is 0 Å². The number of aromatic amines is 1. The maximum atomic E-state index is 13.1. The number of nitrogens with zero attached hydrogens (tertiary/aromatic N) is 3. The normalized spacial score (nSPS) is 11.1. The van der Waals surface area contributed by atoms with E-state index in [-0.39, 0.29) is 17.5 Å². The molecule has 3 aromatic heterocycles. The fraction of sp³-hybridized carbons (Fsp3) is 0. The summed E-state index contributed by atoms with van der Waals surface area (Å²) in [6.45, 7) is 0. The first kappa shape index (κ1) is 20.5. The third-order valence-corrected chi connectivity index (χ3v) is 5.75. The van der Waals surface area contributed by atoms with E-state index in [1.54, 1.807) is 42.9 Å². The summed E-state index contributed by atoms with van der Waals surface area (Å²) in [5.74, 6) is -0.463. The average molecular weight is 458 g/mol. The fourth-order valence-electron chi connectivity index (χ4n) is 4.01. The Kier molecular flexibility index (Phi) is 4.89. The van der Waals surface area contributed by atoms with E-state index >= 15 is 0 Å². The highest BCUT2D eigenvalue weighted by molar-refractivity contribution is 6.12. The molecular weight excluding hydrogens is 440 g/mol. The summed E-state index contributed by atoms with van der Waals surface area (Å²) < 4.78 is 0. The summed E-state index contributed by atoms with van der Waals surface area (Å²) in [7, 11) is 0. The molecule has 0 aliphatic carbocycles. The van der Waals surface area contributed by atoms with Crippen LogP contribution in [0.25, 0.3) is 32.6 Å². The van der Waals surface area contributed by atoms with Gasteiger partial charge in [-0.25, -0.2) is 4.98 Å². The van der Waals surface area contributed by atoms with Crippen molar-refractivity contribution in [3.05, 3.63) is 103 Å². The van der Waals surface area contributed by atoms with Gasteiger partial charge in [-0.15, -0.1) is 0 Å². The van der Waals surface area contributed by atoms with Gasteiger partial charge in [0.25, 0.3) is 11.8 Å². The summed E-state index contributed by atoms with van der Waals surface area (Å²) in [4.78, 5) is 41.7. The van der Waals surface area contributed by atoms with Crippen LogP contribution in [0.15, 0.2) is 91.4 Å². The molecule has 3 N–H and O–H groups in total. The number of nitrogens with one attached hydrogen (secondary N) is 3. The number of benzene rings is 3. The van der Waals surface area contributed by atoms with E-state index < -0.39 is 5.91 Å². The van der Waals surface area contributed by atoms with E-state index in [4.69, 9.17) is 0 Å². The molecule has 3 aromatic carbocycles. The maximum absolute atomic E-state index is 13.1. The molecule has 6 aromatic rings. The molecule has 0 saturated carbocycles. The number of amides is 2. The molecule has 0 saturated heterocycles. The molecule has 0 fully saturated rings. The van der Waals surface area contributed by atoms with Crippen LogP contribution >= 0.6 is 0 Å². The highest BCUT2D eigenvalue weighted by Crippen LogP contribution is 2.23. The number of H-pyrrole nitrogens is 1. The number of rotatable bonds is 4. The fourth-order valence-corrected chi connectivity index (χ4v) is 4.01. The SMILES string of the molecule is O=C(Nc1nc2c(C(=O)Nc3ccc4cnccc4c3)cccc2[nH]1)c1cc2ccccc2cn1. The third kappa shape index (κ3) is 3.93. The Morgan fingerprint density at radius 2 is 1.57 bits per heavy atom. The van der Waals surface area contributed by atoms with Gasteiger partial charge in [-0.2, -0.15) is 0 Å².